The lowest BCUT2D eigenvalue weighted by molar-refractivity contribution is 0.286. The Kier molecular flexibility index (Phi) is 6.56. The summed E-state index contributed by atoms with van der Waals surface area (Å²) in [6.07, 6.45) is 4.18. The van der Waals surface area contributed by atoms with E-state index in [2.05, 4.69) is 38.0 Å². The molecule has 0 aromatic carbocycles. The van der Waals surface area contributed by atoms with E-state index in [1.165, 1.54) is 0 Å². The number of nitrogens with zero attached hydrogens (tertiary/aromatic N) is 2. The molecule has 0 radical (unpaired) electrons. The minimum Gasteiger partial charge on any atom is -0.474 e. The van der Waals surface area contributed by atoms with E-state index in [4.69, 9.17) is 4.74 Å². The van der Waals surface area contributed by atoms with Gasteiger partial charge in [-0.1, -0.05) is 27.7 Å². The van der Waals surface area contributed by atoms with Crippen molar-refractivity contribution < 1.29 is 4.74 Å². The Bertz CT molecular complexity index is 427. The molecule has 1 N–H and O–H groups in total. The van der Waals surface area contributed by atoms with E-state index in [-0.39, 0.29) is 11.4 Å². The lowest BCUT2D eigenvalue weighted by atomic mass is 10.2. The molecular weight excluding hydrogens is 242 g/mol. The van der Waals surface area contributed by atoms with Crippen LogP contribution in [0.3, 0.4) is 0 Å². The number of ether oxygens (including phenoxy) is 1. The molecule has 0 unspecified atom stereocenters. The Labute approximate surface area is 115 Å². The zero-order chi connectivity index (χ0) is 14.3. The predicted octanol–water partition coefficient (Wildman–Crippen LogP) is 1.67. The second-order valence-electron chi connectivity index (χ2n) is 5.39. The zero-order valence-corrected chi connectivity index (χ0v) is 12.3. The molecule has 1 heterocycles. The summed E-state index contributed by atoms with van der Waals surface area (Å²) in [4.78, 5) is 16.0. The summed E-state index contributed by atoms with van der Waals surface area (Å²) in [5.74, 6) is 0.621. The van der Waals surface area contributed by atoms with Gasteiger partial charge >= 0.3 is 5.56 Å². The van der Waals surface area contributed by atoms with Gasteiger partial charge in [-0.25, -0.2) is 4.98 Å². The van der Waals surface area contributed by atoms with E-state index < -0.39 is 0 Å². The highest BCUT2D eigenvalue weighted by Crippen LogP contribution is 2.00. The van der Waals surface area contributed by atoms with Crippen molar-refractivity contribution in [3.05, 3.63) is 22.7 Å². The van der Waals surface area contributed by atoms with Gasteiger partial charge in [0, 0.05) is 25.0 Å². The summed E-state index contributed by atoms with van der Waals surface area (Å²) in [6, 6.07) is 0.470. The number of hydrogen-bond acceptors (Lipinski definition) is 4. The molecule has 0 bridgehead atoms. The Morgan fingerprint density at radius 2 is 2.11 bits per heavy atom. The monoisotopic (exact) mass is 267 g/mol. The molecule has 0 aliphatic heterocycles. The van der Waals surface area contributed by atoms with Crippen molar-refractivity contribution in [3.63, 3.8) is 0 Å². The second kappa shape index (κ2) is 7.94. The van der Waals surface area contributed by atoms with Crippen LogP contribution in [0.1, 0.15) is 34.1 Å². The lowest BCUT2D eigenvalue weighted by Crippen LogP contribution is -2.27. The fraction of sp³-hybridized carbons (Fsp3) is 0.714. The van der Waals surface area contributed by atoms with Crippen LogP contribution in [0.15, 0.2) is 17.2 Å². The van der Waals surface area contributed by atoms with Gasteiger partial charge in [-0.3, -0.25) is 4.79 Å². The second-order valence-corrected chi connectivity index (χ2v) is 5.39. The summed E-state index contributed by atoms with van der Waals surface area (Å²) in [5, 5.41) is 3.30. The third kappa shape index (κ3) is 5.87. The molecule has 1 rings (SSSR count). The van der Waals surface area contributed by atoms with E-state index in [1.807, 2.05) is 0 Å². The standard InChI is InChI=1S/C14H25N3O2/c1-11(2)10-17-8-7-16-13(14(17)18)19-9-5-6-15-12(3)4/h7-8,11-12,15H,5-6,9-10H2,1-4H3. The average Bonchev–Trinajstić information content (AvgIpc) is 2.32. The molecule has 1 aromatic rings. The van der Waals surface area contributed by atoms with E-state index in [0.717, 1.165) is 13.0 Å². The molecule has 5 nitrogen and oxygen atoms in total. The van der Waals surface area contributed by atoms with Crippen LogP contribution in [0.2, 0.25) is 0 Å². The lowest BCUT2D eigenvalue weighted by Gasteiger charge is -2.11. The van der Waals surface area contributed by atoms with Crippen LogP contribution >= 0.6 is 0 Å². The van der Waals surface area contributed by atoms with Crippen LogP contribution in [-0.4, -0.2) is 28.7 Å². The quantitative estimate of drug-likeness (QED) is 0.728. The molecule has 5 heteroatoms. The number of nitrogens with one attached hydrogen (secondary N) is 1. The molecule has 0 saturated carbocycles. The predicted molar refractivity (Wildman–Crippen MR) is 76.6 cm³/mol. The van der Waals surface area contributed by atoms with Crippen molar-refractivity contribution >= 4 is 0 Å². The number of rotatable bonds is 8. The summed E-state index contributed by atoms with van der Waals surface area (Å²) in [7, 11) is 0. The average molecular weight is 267 g/mol. The zero-order valence-electron chi connectivity index (χ0n) is 12.3. The van der Waals surface area contributed by atoms with Gasteiger partial charge in [-0.05, 0) is 18.9 Å². The van der Waals surface area contributed by atoms with E-state index in [0.29, 0.717) is 25.1 Å². The first-order chi connectivity index (χ1) is 9.00. The largest absolute Gasteiger partial charge is 0.474 e. The third-order valence-electron chi connectivity index (χ3n) is 2.56. The maximum Gasteiger partial charge on any atom is 0.313 e. The molecule has 0 amide bonds. The van der Waals surface area contributed by atoms with Crippen molar-refractivity contribution in [2.45, 2.75) is 46.7 Å². The number of aromatic nitrogens is 2. The highest BCUT2D eigenvalue weighted by molar-refractivity contribution is 5.04. The van der Waals surface area contributed by atoms with Gasteiger partial charge in [-0.2, -0.15) is 0 Å². The summed E-state index contributed by atoms with van der Waals surface area (Å²) in [5.41, 5.74) is -0.145. The van der Waals surface area contributed by atoms with Crippen molar-refractivity contribution in [1.29, 1.82) is 0 Å². The first-order valence-electron chi connectivity index (χ1n) is 6.92. The van der Waals surface area contributed by atoms with Gasteiger partial charge < -0.3 is 14.6 Å². The molecule has 0 fully saturated rings. The van der Waals surface area contributed by atoms with Gasteiger partial charge in [0.2, 0.25) is 0 Å². The molecule has 0 saturated heterocycles. The maximum atomic E-state index is 12.0. The fourth-order valence-corrected chi connectivity index (χ4v) is 1.70. The van der Waals surface area contributed by atoms with Crippen molar-refractivity contribution in [2.75, 3.05) is 13.2 Å². The molecule has 0 atom stereocenters. The molecule has 108 valence electrons. The first kappa shape index (κ1) is 15.7. The van der Waals surface area contributed by atoms with E-state index >= 15 is 0 Å². The minimum absolute atomic E-state index is 0.145. The molecule has 0 spiro atoms. The highest BCUT2D eigenvalue weighted by atomic mass is 16.5. The van der Waals surface area contributed by atoms with Crippen LogP contribution in [0.4, 0.5) is 0 Å². The van der Waals surface area contributed by atoms with Crippen molar-refractivity contribution in [1.82, 2.24) is 14.9 Å². The van der Waals surface area contributed by atoms with Gasteiger partial charge in [0.25, 0.3) is 5.88 Å². The maximum absolute atomic E-state index is 12.0. The summed E-state index contributed by atoms with van der Waals surface area (Å²) < 4.78 is 7.11. The molecule has 1 aromatic heterocycles. The van der Waals surface area contributed by atoms with Gasteiger partial charge in [0.1, 0.15) is 0 Å². The molecule has 0 aliphatic carbocycles. The highest BCUT2D eigenvalue weighted by Gasteiger charge is 2.07. The molecule has 0 aliphatic rings. The van der Waals surface area contributed by atoms with Gasteiger partial charge in [-0.15, -0.1) is 0 Å². The Hall–Kier alpha value is -1.36. The Morgan fingerprint density at radius 1 is 1.37 bits per heavy atom. The van der Waals surface area contributed by atoms with Crippen LogP contribution in [0, 0.1) is 5.92 Å². The third-order valence-corrected chi connectivity index (χ3v) is 2.56. The van der Waals surface area contributed by atoms with Gasteiger partial charge in [0.15, 0.2) is 0 Å². The fourth-order valence-electron chi connectivity index (χ4n) is 1.70. The normalized spacial score (nSPS) is 11.3. The summed E-state index contributed by atoms with van der Waals surface area (Å²) in [6.45, 7) is 10.4. The van der Waals surface area contributed by atoms with Crippen LogP contribution < -0.4 is 15.6 Å². The van der Waals surface area contributed by atoms with Crippen LogP contribution in [-0.2, 0) is 6.54 Å². The summed E-state index contributed by atoms with van der Waals surface area (Å²) >= 11 is 0. The Balaban J connectivity index is 2.48. The first-order valence-corrected chi connectivity index (χ1v) is 6.92. The van der Waals surface area contributed by atoms with Crippen LogP contribution in [0.25, 0.3) is 0 Å². The Morgan fingerprint density at radius 3 is 2.74 bits per heavy atom. The molecule has 19 heavy (non-hydrogen) atoms. The minimum atomic E-state index is -0.145. The van der Waals surface area contributed by atoms with E-state index in [1.54, 1.807) is 17.0 Å². The SMILES string of the molecule is CC(C)Cn1ccnc(OCCCNC(C)C)c1=O. The van der Waals surface area contributed by atoms with Crippen molar-refractivity contribution in [3.8, 4) is 5.88 Å². The van der Waals surface area contributed by atoms with Gasteiger partial charge in [0.05, 0.1) is 6.61 Å². The van der Waals surface area contributed by atoms with Crippen molar-refractivity contribution in [2.24, 2.45) is 5.92 Å². The van der Waals surface area contributed by atoms with Crippen LogP contribution in [0.5, 0.6) is 5.88 Å². The van der Waals surface area contributed by atoms with E-state index in [9.17, 15) is 4.79 Å². The molecular formula is C14H25N3O2. The number of hydrogen-bond donors (Lipinski definition) is 1. The smallest absolute Gasteiger partial charge is 0.313 e. The topological polar surface area (TPSA) is 56.1 Å².